The molecular formula is C12H13NO2. The minimum absolute atomic E-state index is 0.0324. The van der Waals surface area contributed by atoms with Gasteiger partial charge in [0.15, 0.2) is 5.78 Å². The molecule has 0 bridgehead atoms. The maximum absolute atomic E-state index is 11.8. The van der Waals surface area contributed by atoms with Gasteiger partial charge in [0.25, 0.3) is 0 Å². The number of carbonyl (C=O) groups is 2. The third kappa shape index (κ3) is 1.19. The van der Waals surface area contributed by atoms with E-state index in [-0.39, 0.29) is 23.5 Å². The summed E-state index contributed by atoms with van der Waals surface area (Å²) >= 11 is 0. The van der Waals surface area contributed by atoms with E-state index in [2.05, 4.69) is 5.32 Å². The van der Waals surface area contributed by atoms with Crippen LogP contribution >= 0.6 is 0 Å². The zero-order valence-electron chi connectivity index (χ0n) is 8.62. The van der Waals surface area contributed by atoms with Crippen molar-refractivity contribution in [1.29, 1.82) is 0 Å². The fourth-order valence-electron chi connectivity index (χ4n) is 2.49. The van der Waals surface area contributed by atoms with E-state index in [1.807, 2.05) is 6.92 Å². The van der Waals surface area contributed by atoms with Crippen molar-refractivity contribution in [3.05, 3.63) is 23.4 Å². The van der Waals surface area contributed by atoms with E-state index in [1.54, 1.807) is 12.2 Å². The van der Waals surface area contributed by atoms with E-state index in [0.717, 1.165) is 24.1 Å². The summed E-state index contributed by atoms with van der Waals surface area (Å²) in [6.45, 7) is 1.89. The van der Waals surface area contributed by atoms with Gasteiger partial charge in [0.2, 0.25) is 5.91 Å². The second kappa shape index (κ2) is 2.81. The third-order valence-corrected chi connectivity index (χ3v) is 3.57. The Balaban J connectivity index is 2.02. The first-order valence-electron chi connectivity index (χ1n) is 5.45. The van der Waals surface area contributed by atoms with Gasteiger partial charge in [0.05, 0.1) is 11.8 Å². The van der Waals surface area contributed by atoms with Gasteiger partial charge in [-0.1, -0.05) is 6.08 Å². The highest BCUT2D eigenvalue weighted by atomic mass is 16.2. The number of allylic oxidation sites excluding steroid dienone is 3. The maximum Gasteiger partial charge on any atom is 0.231 e. The van der Waals surface area contributed by atoms with Crippen LogP contribution in [-0.2, 0) is 9.59 Å². The molecule has 1 heterocycles. The highest BCUT2D eigenvalue weighted by Crippen LogP contribution is 2.45. The van der Waals surface area contributed by atoms with Crippen LogP contribution in [0.4, 0.5) is 0 Å². The fourth-order valence-corrected chi connectivity index (χ4v) is 2.49. The van der Waals surface area contributed by atoms with Gasteiger partial charge in [-0.25, -0.2) is 0 Å². The van der Waals surface area contributed by atoms with Crippen molar-refractivity contribution in [1.82, 2.24) is 5.32 Å². The predicted molar refractivity (Wildman–Crippen MR) is 54.7 cm³/mol. The lowest BCUT2D eigenvalue weighted by molar-refractivity contribution is -0.121. The number of hydrogen-bond acceptors (Lipinski definition) is 2. The molecule has 2 unspecified atom stereocenters. The number of amides is 1. The van der Waals surface area contributed by atoms with Gasteiger partial charge in [0.1, 0.15) is 0 Å². The summed E-state index contributed by atoms with van der Waals surface area (Å²) in [5.74, 6) is 0.512. The van der Waals surface area contributed by atoms with Crippen molar-refractivity contribution in [3.63, 3.8) is 0 Å². The molecule has 3 aliphatic rings. The van der Waals surface area contributed by atoms with E-state index in [4.69, 9.17) is 0 Å². The molecule has 0 saturated heterocycles. The van der Waals surface area contributed by atoms with Gasteiger partial charge in [-0.15, -0.1) is 0 Å². The van der Waals surface area contributed by atoms with Crippen molar-refractivity contribution >= 4 is 11.7 Å². The largest absolute Gasteiger partial charge is 0.328 e. The van der Waals surface area contributed by atoms with Crippen molar-refractivity contribution in [2.24, 2.45) is 17.8 Å². The molecule has 0 spiro atoms. The third-order valence-electron chi connectivity index (χ3n) is 3.57. The maximum atomic E-state index is 11.8. The lowest BCUT2D eigenvalue weighted by atomic mass is 9.85. The molecule has 15 heavy (non-hydrogen) atoms. The van der Waals surface area contributed by atoms with Crippen LogP contribution in [-0.4, -0.2) is 11.7 Å². The van der Waals surface area contributed by atoms with E-state index in [9.17, 15) is 9.59 Å². The second-order valence-electron chi connectivity index (χ2n) is 4.63. The van der Waals surface area contributed by atoms with Gasteiger partial charge >= 0.3 is 0 Å². The van der Waals surface area contributed by atoms with Gasteiger partial charge < -0.3 is 5.32 Å². The monoisotopic (exact) mass is 203 g/mol. The van der Waals surface area contributed by atoms with Crippen molar-refractivity contribution in [2.75, 3.05) is 0 Å². The first-order valence-corrected chi connectivity index (χ1v) is 5.45. The topological polar surface area (TPSA) is 46.2 Å². The zero-order chi connectivity index (χ0) is 10.6. The number of nitrogens with one attached hydrogen (secondary N) is 1. The lowest BCUT2D eigenvalue weighted by Crippen LogP contribution is -2.28. The summed E-state index contributed by atoms with van der Waals surface area (Å²) in [5, 5.41) is 2.88. The van der Waals surface area contributed by atoms with Crippen LogP contribution in [0.15, 0.2) is 23.4 Å². The Hall–Kier alpha value is -1.38. The van der Waals surface area contributed by atoms with Crippen molar-refractivity contribution < 1.29 is 9.59 Å². The van der Waals surface area contributed by atoms with E-state index >= 15 is 0 Å². The van der Waals surface area contributed by atoms with E-state index < -0.39 is 0 Å². The molecular weight excluding hydrogens is 190 g/mol. The molecule has 0 aromatic carbocycles. The quantitative estimate of drug-likeness (QED) is 0.695. The van der Waals surface area contributed by atoms with Gasteiger partial charge in [-0.05, 0) is 37.3 Å². The summed E-state index contributed by atoms with van der Waals surface area (Å²) in [5.41, 5.74) is 1.92. The van der Waals surface area contributed by atoms with Crippen LogP contribution in [0, 0.1) is 17.8 Å². The molecule has 0 radical (unpaired) electrons. The Kier molecular flexibility index (Phi) is 1.67. The molecule has 1 N–H and O–H groups in total. The van der Waals surface area contributed by atoms with Crippen LogP contribution in [0.1, 0.15) is 19.8 Å². The molecule has 0 aromatic heterocycles. The van der Waals surface area contributed by atoms with Crippen LogP contribution < -0.4 is 5.32 Å². The smallest absolute Gasteiger partial charge is 0.231 e. The Bertz CT molecular complexity index is 415. The number of carbonyl (C=O) groups excluding carboxylic acids is 2. The standard InChI is InChI=1S/C12H13NO2/c1-6-8-4-5-9(14)10(7-2-3-7)11(8)13-12(6)15/h4-7,10H,2-3H2,1H3,(H,13,15). The molecule has 1 aliphatic heterocycles. The molecule has 2 aliphatic carbocycles. The number of ketones is 1. The molecule has 3 nitrogen and oxygen atoms in total. The predicted octanol–water partition coefficient (Wildman–Crippen LogP) is 1.17. The second-order valence-corrected chi connectivity index (χ2v) is 4.63. The number of hydrogen-bond donors (Lipinski definition) is 1. The van der Waals surface area contributed by atoms with E-state index in [1.165, 1.54) is 0 Å². The van der Waals surface area contributed by atoms with Gasteiger partial charge in [-0.2, -0.15) is 0 Å². The van der Waals surface area contributed by atoms with Crippen molar-refractivity contribution in [2.45, 2.75) is 19.8 Å². The van der Waals surface area contributed by atoms with E-state index in [0.29, 0.717) is 5.92 Å². The summed E-state index contributed by atoms with van der Waals surface area (Å²) in [4.78, 5) is 23.3. The molecule has 1 fully saturated rings. The summed E-state index contributed by atoms with van der Waals surface area (Å²) in [7, 11) is 0. The van der Waals surface area contributed by atoms with Crippen LogP contribution in [0.2, 0.25) is 0 Å². The Labute approximate surface area is 88.2 Å². The Morgan fingerprint density at radius 1 is 1.27 bits per heavy atom. The molecule has 3 heteroatoms. The van der Waals surface area contributed by atoms with Crippen molar-refractivity contribution in [3.8, 4) is 0 Å². The fraction of sp³-hybridized carbons (Fsp3) is 0.500. The Morgan fingerprint density at radius 2 is 2.00 bits per heavy atom. The highest BCUT2D eigenvalue weighted by Gasteiger charge is 2.44. The summed E-state index contributed by atoms with van der Waals surface area (Å²) in [6, 6.07) is 0. The molecule has 2 atom stereocenters. The SMILES string of the molecule is CC1C(=O)NC2=C1C=CC(=O)C2C1CC1. The molecule has 78 valence electrons. The molecule has 0 aromatic rings. The summed E-state index contributed by atoms with van der Waals surface area (Å²) in [6.07, 6.45) is 5.67. The first kappa shape index (κ1) is 8.89. The molecule has 3 rings (SSSR count). The van der Waals surface area contributed by atoms with Crippen LogP contribution in [0.5, 0.6) is 0 Å². The Morgan fingerprint density at radius 3 is 2.67 bits per heavy atom. The highest BCUT2D eigenvalue weighted by molar-refractivity contribution is 6.00. The minimum Gasteiger partial charge on any atom is -0.328 e. The molecule has 1 amide bonds. The zero-order valence-corrected chi connectivity index (χ0v) is 8.62. The average Bonchev–Trinajstić information content (AvgIpc) is 2.97. The summed E-state index contributed by atoms with van der Waals surface area (Å²) < 4.78 is 0. The normalized spacial score (nSPS) is 34.5. The van der Waals surface area contributed by atoms with Gasteiger partial charge in [0, 0.05) is 5.70 Å². The minimum atomic E-state index is -0.0920. The molecule has 1 saturated carbocycles. The number of rotatable bonds is 1. The van der Waals surface area contributed by atoms with Gasteiger partial charge in [-0.3, -0.25) is 9.59 Å². The lowest BCUT2D eigenvalue weighted by Gasteiger charge is -2.19. The average molecular weight is 203 g/mol. The first-order chi connectivity index (χ1) is 7.18. The van der Waals surface area contributed by atoms with Crippen LogP contribution in [0.25, 0.3) is 0 Å². The van der Waals surface area contributed by atoms with Crippen LogP contribution in [0.3, 0.4) is 0 Å².